The molecule has 0 heterocycles. The summed E-state index contributed by atoms with van der Waals surface area (Å²) in [5.74, 6) is -0.0526. The van der Waals surface area contributed by atoms with Crippen LogP contribution in [-0.2, 0) is 4.74 Å². The van der Waals surface area contributed by atoms with Gasteiger partial charge in [-0.15, -0.1) is 0 Å². The summed E-state index contributed by atoms with van der Waals surface area (Å²) >= 11 is 2.20. The average Bonchev–Trinajstić information content (AvgIpc) is 2.30. The van der Waals surface area contributed by atoms with Crippen LogP contribution in [0, 0.1) is 10.5 Å². The van der Waals surface area contributed by atoms with Gasteiger partial charge in [0.05, 0.1) is 11.2 Å². The fraction of sp³-hybridized carbons (Fsp3) is 0.462. The maximum Gasteiger partial charge on any atom is 0.252 e. The Morgan fingerprint density at radius 1 is 1.47 bits per heavy atom. The molecule has 0 spiro atoms. The van der Waals surface area contributed by atoms with E-state index in [9.17, 15) is 4.79 Å². The zero-order valence-corrected chi connectivity index (χ0v) is 12.8. The minimum atomic E-state index is -0.342. The van der Waals surface area contributed by atoms with E-state index in [0.717, 1.165) is 14.7 Å². The number of carbonyl (C=O) groups is 1. The van der Waals surface area contributed by atoms with E-state index < -0.39 is 0 Å². The van der Waals surface area contributed by atoms with Crippen molar-refractivity contribution >= 4 is 28.5 Å². The van der Waals surface area contributed by atoms with Gasteiger partial charge in [0.25, 0.3) is 5.91 Å². The van der Waals surface area contributed by atoms with Crippen LogP contribution in [0.4, 0.5) is 0 Å². The normalized spacial score (nSPS) is 11.4. The van der Waals surface area contributed by atoms with Crippen LogP contribution < -0.4 is 5.32 Å². The summed E-state index contributed by atoms with van der Waals surface area (Å²) in [6, 6.07) is 5.73. The lowest BCUT2D eigenvalue weighted by Gasteiger charge is -2.23. The molecule has 1 rings (SSSR count). The highest BCUT2D eigenvalue weighted by molar-refractivity contribution is 14.1. The van der Waals surface area contributed by atoms with Gasteiger partial charge in [0.1, 0.15) is 0 Å². The van der Waals surface area contributed by atoms with Crippen molar-refractivity contribution in [2.24, 2.45) is 0 Å². The molecular weight excluding hydrogens is 329 g/mol. The lowest BCUT2D eigenvalue weighted by atomic mass is 10.1. The van der Waals surface area contributed by atoms with Crippen molar-refractivity contribution in [2.75, 3.05) is 13.7 Å². The standard InChI is InChI=1S/C13H18INO2/c1-9-6-5-7-10(11(9)14)12(16)15-8-13(2,3)17-4/h5-7H,8H2,1-4H3,(H,15,16). The Morgan fingerprint density at radius 2 is 2.12 bits per heavy atom. The third kappa shape index (κ3) is 3.96. The molecule has 0 aliphatic rings. The quantitative estimate of drug-likeness (QED) is 0.851. The fourth-order valence-electron chi connectivity index (χ4n) is 1.28. The Balaban J connectivity index is 2.74. The van der Waals surface area contributed by atoms with Gasteiger partial charge in [0.15, 0.2) is 0 Å². The van der Waals surface area contributed by atoms with E-state index in [-0.39, 0.29) is 11.5 Å². The predicted molar refractivity (Wildman–Crippen MR) is 77.3 cm³/mol. The Hall–Kier alpha value is -0.620. The van der Waals surface area contributed by atoms with Gasteiger partial charge in [-0.2, -0.15) is 0 Å². The van der Waals surface area contributed by atoms with Crippen molar-refractivity contribution in [1.82, 2.24) is 5.32 Å². The molecule has 4 heteroatoms. The number of carbonyl (C=O) groups excluding carboxylic acids is 1. The van der Waals surface area contributed by atoms with Crippen molar-refractivity contribution in [1.29, 1.82) is 0 Å². The molecule has 1 aromatic carbocycles. The van der Waals surface area contributed by atoms with Crippen LogP contribution in [0.5, 0.6) is 0 Å². The van der Waals surface area contributed by atoms with E-state index in [2.05, 4.69) is 27.9 Å². The number of halogens is 1. The third-order valence-corrected chi connectivity index (χ3v) is 4.10. The molecule has 3 nitrogen and oxygen atoms in total. The second-order valence-corrected chi connectivity index (χ2v) is 5.66. The zero-order chi connectivity index (χ0) is 13.1. The number of methoxy groups -OCH3 is 1. The maximum absolute atomic E-state index is 12.0. The summed E-state index contributed by atoms with van der Waals surface area (Å²) in [4.78, 5) is 12.0. The van der Waals surface area contributed by atoms with Gasteiger partial charge in [-0.1, -0.05) is 12.1 Å². The molecule has 1 amide bonds. The van der Waals surface area contributed by atoms with Gasteiger partial charge in [-0.25, -0.2) is 0 Å². The van der Waals surface area contributed by atoms with Crippen molar-refractivity contribution in [3.8, 4) is 0 Å². The molecule has 0 radical (unpaired) electrons. The topological polar surface area (TPSA) is 38.3 Å². The summed E-state index contributed by atoms with van der Waals surface area (Å²) in [7, 11) is 1.64. The summed E-state index contributed by atoms with van der Waals surface area (Å²) in [5, 5.41) is 2.89. The minimum Gasteiger partial charge on any atom is -0.377 e. The SMILES string of the molecule is COC(C)(C)CNC(=O)c1cccc(C)c1I. The van der Waals surface area contributed by atoms with Crippen molar-refractivity contribution in [2.45, 2.75) is 26.4 Å². The number of benzene rings is 1. The van der Waals surface area contributed by atoms with Gasteiger partial charge in [-0.05, 0) is 55.0 Å². The largest absolute Gasteiger partial charge is 0.377 e. The first-order valence-corrected chi connectivity index (χ1v) is 6.54. The monoisotopic (exact) mass is 347 g/mol. The zero-order valence-electron chi connectivity index (χ0n) is 10.6. The van der Waals surface area contributed by atoms with E-state index in [1.165, 1.54) is 0 Å². The van der Waals surface area contributed by atoms with E-state index in [1.807, 2.05) is 39.0 Å². The fourth-order valence-corrected chi connectivity index (χ4v) is 1.89. The predicted octanol–water partition coefficient (Wildman–Crippen LogP) is 2.75. The molecule has 0 saturated carbocycles. The number of ether oxygens (including phenoxy) is 1. The molecule has 0 aromatic heterocycles. The molecule has 0 saturated heterocycles. The molecule has 1 aromatic rings. The first-order valence-electron chi connectivity index (χ1n) is 5.46. The van der Waals surface area contributed by atoms with Gasteiger partial charge >= 0.3 is 0 Å². The summed E-state index contributed by atoms with van der Waals surface area (Å²) in [6.07, 6.45) is 0. The molecule has 94 valence electrons. The number of hydrogen-bond acceptors (Lipinski definition) is 2. The van der Waals surface area contributed by atoms with E-state index in [1.54, 1.807) is 7.11 Å². The summed E-state index contributed by atoms with van der Waals surface area (Å²) in [6.45, 7) is 6.37. The lowest BCUT2D eigenvalue weighted by molar-refractivity contribution is 0.0228. The van der Waals surface area contributed by atoms with Crippen LogP contribution in [0.1, 0.15) is 29.8 Å². The van der Waals surface area contributed by atoms with Crippen molar-refractivity contribution in [3.05, 3.63) is 32.9 Å². The van der Waals surface area contributed by atoms with Gasteiger partial charge in [-0.3, -0.25) is 4.79 Å². The Kier molecular flexibility index (Phi) is 4.94. The number of aryl methyl sites for hydroxylation is 1. The Morgan fingerprint density at radius 3 is 2.71 bits per heavy atom. The first-order chi connectivity index (χ1) is 7.87. The molecule has 0 aliphatic heterocycles. The number of rotatable bonds is 4. The van der Waals surface area contributed by atoms with Crippen LogP contribution in [0.15, 0.2) is 18.2 Å². The van der Waals surface area contributed by atoms with E-state index in [0.29, 0.717) is 6.54 Å². The molecule has 0 aliphatic carbocycles. The van der Waals surface area contributed by atoms with Gasteiger partial charge in [0.2, 0.25) is 0 Å². The van der Waals surface area contributed by atoms with Crippen LogP contribution in [-0.4, -0.2) is 25.2 Å². The van der Waals surface area contributed by atoms with Crippen molar-refractivity contribution < 1.29 is 9.53 Å². The van der Waals surface area contributed by atoms with Crippen LogP contribution in [0.25, 0.3) is 0 Å². The second kappa shape index (κ2) is 5.82. The highest BCUT2D eigenvalue weighted by Gasteiger charge is 2.19. The smallest absolute Gasteiger partial charge is 0.252 e. The first kappa shape index (κ1) is 14.4. The number of amides is 1. The van der Waals surface area contributed by atoms with Gasteiger partial charge < -0.3 is 10.1 Å². The molecule has 1 N–H and O–H groups in total. The van der Waals surface area contributed by atoms with Crippen molar-refractivity contribution in [3.63, 3.8) is 0 Å². The summed E-state index contributed by atoms with van der Waals surface area (Å²) < 4.78 is 6.26. The number of nitrogens with one attached hydrogen (secondary N) is 1. The van der Waals surface area contributed by atoms with Crippen LogP contribution in [0.3, 0.4) is 0 Å². The molecule has 0 atom stereocenters. The molecule has 0 unspecified atom stereocenters. The third-order valence-electron chi connectivity index (χ3n) is 2.66. The van der Waals surface area contributed by atoms with Crippen LogP contribution in [0.2, 0.25) is 0 Å². The Labute approximate surface area is 116 Å². The minimum absolute atomic E-state index is 0.0526. The van der Waals surface area contributed by atoms with E-state index in [4.69, 9.17) is 4.74 Å². The Bertz CT molecular complexity index is 416. The lowest BCUT2D eigenvalue weighted by Crippen LogP contribution is -2.40. The highest BCUT2D eigenvalue weighted by atomic mass is 127. The van der Waals surface area contributed by atoms with Gasteiger partial charge in [0, 0.05) is 17.2 Å². The maximum atomic E-state index is 12.0. The average molecular weight is 347 g/mol. The summed E-state index contributed by atoms with van der Waals surface area (Å²) in [5.41, 5.74) is 1.49. The second-order valence-electron chi connectivity index (χ2n) is 4.58. The molecule has 0 fully saturated rings. The molecular formula is C13H18INO2. The molecule has 0 bridgehead atoms. The highest BCUT2D eigenvalue weighted by Crippen LogP contribution is 2.16. The number of hydrogen-bond donors (Lipinski definition) is 1. The van der Waals surface area contributed by atoms with Crippen LogP contribution >= 0.6 is 22.6 Å². The molecule has 17 heavy (non-hydrogen) atoms. The van der Waals surface area contributed by atoms with E-state index >= 15 is 0 Å².